The molecule has 2 aromatic carbocycles. The number of fused-ring (bicyclic) bond motifs is 1. The number of amides is 2. The number of carbonyl (C=O) groups excluding carboxylic acids is 2. The van der Waals surface area contributed by atoms with Crippen molar-refractivity contribution in [3.8, 4) is 0 Å². The van der Waals surface area contributed by atoms with Crippen molar-refractivity contribution >= 4 is 33.4 Å². The normalized spacial score (nSPS) is 13.7. The largest absolute Gasteiger partial charge is 0.268 e. The fourth-order valence-electron chi connectivity index (χ4n) is 2.24. The summed E-state index contributed by atoms with van der Waals surface area (Å²) in [7, 11) is 0. The zero-order chi connectivity index (χ0) is 17.0. The molecule has 3 rings (SSSR count). The third-order valence-electron chi connectivity index (χ3n) is 3.27. The molecule has 3 nitrogen and oxygen atoms in total. The Morgan fingerprint density at radius 3 is 1.83 bits per heavy atom. The summed E-state index contributed by atoms with van der Waals surface area (Å²) in [5.74, 6) is -13.8. The van der Waals surface area contributed by atoms with E-state index in [-0.39, 0.29) is 20.5 Å². The third-order valence-corrected chi connectivity index (χ3v) is 3.94. The highest BCUT2D eigenvalue weighted by atomic mass is 79.9. The number of carbonyl (C=O) groups is 2. The maximum atomic E-state index is 13.8. The van der Waals surface area contributed by atoms with Gasteiger partial charge in [0.05, 0.1) is 11.1 Å². The average Bonchev–Trinajstić information content (AvgIpc) is 2.77. The number of benzene rings is 2. The molecule has 0 unspecified atom stereocenters. The van der Waals surface area contributed by atoms with Crippen LogP contribution in [0, 0.1) is 29.1 Å². The zero-order valence-electron chi connectivity index (χ0n) is 10.8. The van der Waals surface area contributed by atoms with Crippen molar-refractivity contribution in [2.24, 2.45) is 0 Å². The SMILES string of the molecule is O=C1c2cccc(Br)c2C(=O)N1c1c(F)c(F)c(F)c(F)c1F. The van der Waals surface area contributed by atoms with Crippen LogP contribution in [0.5, 0.6) is 0 Å². The van der Waals surface area contributed by atoms with Crippen LogP contribution in [0.3, 0.4) is 0 Å². The van der Waals surface area contributed by atoms with E-state index >= 15 is 0 Å². The van der Waals surface area contributed by atoms with Crippen LogP contribution in [0.2, 0.25) is 0 Å². The highest BCUT2D eigenvalue weighted by Gasteiger charge is 2.43. The van der Waals surface area contributed by atoms with Crippen LogP contribution in [0.1, 0.15) is 20.7 Å². The number of hydrogen-bond acceptors (Lipinski definition) is 2. The molecule has 0 saturated heterocycles. The standard InChI is InChI=1S/C14H3BrF5NO2/c15-5-3-1-2-4-6(5)14(23)21(13(4)22)12-10(19)8(17)7(16)9(18)11(12)20/h1-3H. The first-order valence-electron chi connectivity index (χ1n) is 5.96. The lowest BCUT2D eigenvalue weighted by atomic mass is 10.1. The van der Waals surface area contributed by atoms with Crippen molar-refractivity contribution in [2.75, 3.05) is 4.90 Å². The summed E-state index contributed by atoms with van der Waals surface area (Å²) in [4.78, 5) is 24.4. The van der Waals surface area contributed by atoms with Gasteiger partial charge in [-0.1, -0.05) is 6.07 Å². The Hall–Kier alpha value is -2.29. The van der Waals surface area contributed by atoms with Crippen LogP contribution in [0.25, 0.3) is 0 Å². The molecule has 118 valence electrons. The zero-order valence-corrected chi connectivity index (χ0v) is 12.3. The first-order valence-corrected chi connectivity index (χ1v) is 6.75. The molecule has 1 aliphatic heterocycles. The second-order valence-electron chi connectivity index (χ2n) is 4.53. The van der Waals surface area contributed by atoms with Gasteiger partial charge in [0.2, 0.25) is 5.82 Å². The van der Waals surface area contributed by atoms with E-state index < -0.39 is 46.6 Å². The van der Waals surface area contributed by atoms with E-state index in [0.717, 1.165) is 0 Å². The summed E-state index contributed by atoms with van der Waals surface area (Å²) in [6, 6.07) is 3.98. The van der Waals surface area contributed by atoms with E-state index in [1.165, 1.54) is 18.2 Å². The molecule has 2 amide bonds. The molecular formula is C14H3BrF5NO2. The highest BCUT2D eigenvalue weighted by molar-refractivity contribution is 9.10. The number of halogens is 6. The fourth-order valence-corrected chi connectivity index (χ4v) is 2.77. The van der Waals surface area contributed by atoms with E-state index in [1.807, 2.05) is 0 Å². The Balaban J connectivity index is 2.29. The first-order chi connectivity index (χ1) is 10.8. The van der Waals surface area contributed by atoms with Gasteiger partial charge in [0.25, 0.3) is 11.8 Å². The lowest BCUT2D eigenvalue weighted by Gasteiger charge is -2.16. The number of rotatable bonds is 1. The minimum absolute atomic E-state index is 0.0638. The number of nitrogens with zero attached hydrogens (tertiary/aromatic N) is 1. The summed E-state index contributed by atoms with van der Waals surface area (Å²) in [5.41, 5.74) is -2.03. The van der Waals surface area contributed by atoms with Gasteiger partial charge in [0, 0.05) is 4.47 Å². The van der Waals surface area contributed by atoms with E-state index in [9.17, 15) is 31.5 Å². The minimum atomic E-state index is -2.37. The minimum Gasteiger partial charge on any atom is -0.268 e. The van der Waals surface area contributed by atoms with Crippen molar-refractivity contribution in [3.05, 3.63) is 62.9 Å². The van der Waals surface area contributed by atoms with Crippen molar-refractivity contribution in [1.82, 2.24) is 0 Å². The fraction of sp³-hybridized carbons (Fsp3) is 0. The topological polar surface area (TPSA) is 37.4 Å². The molecule has 0 bridgehead atoms. The number of hydrogen-bond donors (Lipinski definition) is 0. The van der Waals surface area contributed by atoms with Crippen LogP contribution in [0.15, 0.2) is 22.7 Å². The maximum absolute atomic E-state index is 13.8. The smallest absolute Gasteiger partial charge is 0.267 e. The molecule has 0 aromatic heterocycles. The monoisotopic (exact) mass is 391 g/mol. The van der Waals surface area contributed by atoms with Gasteiger partial charge in [0.1, 0.15) is 5.69 Å². The molecule has 23 heavy (non-hydrogen) atoms. The second kappa shape index (κ2) is 5.12. The van der Waals surface area contributed by atoms with Gasteiger partial charge < -0.3 is 0 Å². The molecule has 0 N–H and O–H groups in total. The highest BCUT2D eigenvalue weighted by Crippen LogP contribution is 2.37. The summed E-state index contributed by atoms with van der Waals surface area (Å²) in [6.07, 6.45) is 0. The molecule has 0 spiro atoms. The molecule has 0 atom stereocenters. The van der Waals surface area contributed by atoms with Gasteiger partial charge in [0.15, 0.2) is 23.3 Å². The van der Waals surface area contributed by atoms with Crippen molar-refractivity contribution in [2.45, 2.75) is 0 Å². The Labute approximate surface area is 133 Å². The van der Waals surface area contributed by atoms with Gasteiger partial charge >= 0.3 is 0 Å². The van der Waals surface area contributed by atoms with Gasteiger partial charge in [-0.2, -0.15) is 0 Å². The lowest BCUT2D eigenvalue weighted by Crippen LogP contribution is -2.32. The molecule has 0 radical (unpaired) electrons. The summed E-state index contributed by atoms with van der Waals surface area (Å²) in [5, 5.41) is 0. The van der Waals surface area contributed by atoms with Gasteiger partial charge in [-0.3, -0.25) is 9.59 Å². The van der Waals surface area contributed by atoms with E-state index in [2.05, 4.69) is 15.9 Å². The van der Waals surface area contributed by atoms with Crippen molar-refractivity contribution in [3.63, 3.8) is 0 Å². The van der Waals surface area contributed by atoms with Crippen molar-refractivity contribution in [1.29, 1.82) is 0 Å². The molecule has 1 aliphatic rings. The van der Waals surface area contributed by atoms with Crippen LogP contribution in [-0.2, 0) is 0 Å². The quantitative estimate of drug-likeness (QED) is 0.319. The molecule has 9 heteroatoms. The van der Waals surface area contributed by atoms with Gasteiger partial charge in [-0.25, -0.2) is 26.9 Å². The Bertz CT molecular complexity index is 870. The van der Waals surface area contributed by atoms with Crippen molar-refractivity contribution < 1.29 is 31.5 Å². The predicted octanol–water partition coefficient (Wildman–Crippen LogP) is 3.95. The summed E-state index contributed by atoms with van der Waals surface area (Å²) < 4.78 is 67.5. The van der Waals surface area contributed by atoms with Crippen LogP contribution in [-0.4, -0.2) is 11.8 Å². The van der Waals surface area contributed by atoms with E-state index in [1.54, 1.807) is 0 Å². The molecule has 0 fully saturated rings. The van der Waals surface area contributed by atoms with Crippen LogP contribution < -0.4 is 4.90 Å². The van der Waals surface area contributed by atoms with E-state index in [0.29, 0.717) is 0 Å². The third kappa shape index (κ3) is 1.99. The number of anilines is 1. The molecule has 2 aromatic rings. The number of imide groups is 1. The maximum Gasteiger partial charge on any atom is 0.267 e. The Morgan fingerprint density at radius 1 is 0.783 bits per heavy atom. The summed E-state index contributed by atoms with van der Waals surface area (Å²) >= 11 is 3.00. The van der Waals surface area contributed by atoms with Crippen LogP contribution >= 0.6 is 15.9 Å². The Kier molecular flexibility index (Phi) is 3.47. The molecule has 1 heterocycles. The summed E-state index contributed by atoms with van der Waals surface area (Å²) in [6.45, 7) is 0. The molecule has 0 aliphatic carbocycles. The van der Waals surface area contributed by atoms with E-state index in [4.69, 9.17) is 0 Å². The van der Waals surface area contributed by atoms with Gasteiger partial charge in [-0.15, -0.1) is 0 Å². The predicted molar refractivity (Wildman–Crippen MR) is 71.5 cm³/mol. The van der Waals surface area contributed by atoms with Crippen LogP contribution in [0.4, 0.5) is 27.6 Å². The first kappa shape index (κ1) is 15.6. The Morgan fingerprint density at radius 2 is 1.30 bits per heavy atom. The molecular weight excluding hydrogens is 389 g/mol. The second-order valence-corrected chi connectivity index (χ2v) is 5.38. The van der Waals surface area contributed by atoms with Gasteiger partial charge in [-0.05, 0) is 28.1 Å². The average molecular weight is 392 g/mol. The lowest BCUT2D eigenvalue weighted by molar-refractivity contribution is 0.0922. The molecule has 0 saturated carbocycles.